The summed E-state index contributed by atoms with van der Waals surface area (Å²) in [6.07, 6.45) is 2.65. The van der Waals surface area contributed by atoms with Crippen LogP contribution in [0.5, 0.6) is 0 Å². The van der Waals surface area contributed by atoms with Gasteiger partial charge in [0, 0.05) is 26.2 Å². The van der Waals surface area contributed by atoms with Crippen molar-refractivity contribution in [3.63, 3.8) is 0 Å². The van der Waals surface area contributed by atoms with Gasteiger partial charge in [0.1, 0.15) is 11.6 Å². The summed E-state index contributed by atoms with van der Waals surface area (Å²) < 4.78 is 26.7. The lowest BCUT2D eigenvalue weighted by Crippen LogP contribution is -2.57. The fourth-order valence-corrected chi connectivity index (χ4v) is 4.29. The molecule has 1 heterocycles. The molecule has 0 aromatic heterocycles. The number of halogens is 2. The molecule has 1 saturated carbocycles. The summed E-state index contributed by atoms with van der Waals surface area (Å²) in [5, 5.41) is 0. The highest BCUT2D eigenvalue weighted by Crippen LogP contribution is 2.45. The Bertz CT molecular complexity index is 901. The van der Waals surface area contributed by atoms with Crippen LogP contribution in [-0.2, 0) is 21.4 Å². The zero-order valence-electron chi connectivity index (χ0n) is 16.2. The molecule has 0 bridgehead atoms. The van der Waals surface area contributed by atoms with Crippen LogP contribution in [0.1, 0.15) is 30.4 Å². The second kappa shape index (κ2) is 7.93. The van der Waals surface area contributed by atoms with E-state index in [0.717, 1.165) is 30.4 Å². The number of benzene rings is 2. The van der Waals surface area contributed by atoms with Gasteiger partial charge in [0.15, 0.2) is 0 Å². The van der Waals surface area contributed by atoms with Crippen molar-refractivity contribution in [2.75, 3.05) is 26.2 Å². The van der Waals surface area contributed by atoms with Gasteiger partial charge >= 0.3 is 0 Å². The molecule has 0 atom stereocenters. The van der Waals surface area contributed by atoms with E-state index in [2.05, 4.69) is 0 Å². The van der Waals surface area contributed by atoms with Crippen LogP contribution in [0, 0.1) is 11.6 Å². The summed E-state index contributed by atoms with van der Waals surface area (Å²) in [7, 11) is 0. The first-order chi connectivity index (χ1) is 14.0. The Kier molecular flexibility index (Phi) is 5.35. The Morgan fingerprint density at radius 2 is 1.52 bits per heavy atom. The predicted molar refractivity (Wildman–Crippen MR) is 105 cm³/mol. The molecule has 2 amide bonds. The first-order valence-electron chi connectivity index (χ1n) is 10.1. The molecule has 29 heavy (non-hydrogen) atoms. The number of carbonyl (C=O) groups excluding carboxylic acids is 2. The SMILES string of the molecule is O=C(Cc1ccc(F)cc1)N1CCN(C(=O)C2(c3cccc(F)c3)CCC2)CC1. The highest BCUT2D eigenvalue weighted by Gasteiger charge is 2.48. The van der Waals surface area contributed by atoms with E-state index in [4.69, 9.17) is 0 Å². The monoisotopic (exact) mass is 398 g/mol. The lowest BCUT2D eigenvalue weighted by molar-refractivity contribution is -0.146. The molecular formula is C23H24F2N2O2. The number of hydrogen-bond donors (Lipinski definition) is 0. The average Bonchev–Trinajstić information content (AvgIpc) is 2.69. The third-order valence-corrected chi connectivity index (χ3v) is 6.18. The lowest BCUT2D eigenvalue weighted by Gasteiger charge is -2.46. The fourth-order valence-electron chi connectivity index (χ4n) is 4.29. The Balaban J connectivity index is 1.38. The maximum absolute atomic E-state index is 13.7. The van der Waals surface area contributed by atoms with Gasteiger partial charge in [-0.05, 0) is 48.2 Å². The molecule has 2 aromatic rings. The molecule has 4 rings (SSSR count). The Hall–Kier alpha value is -2.76. The molecule has 2 fully saturated rings. The summed E-state index contributed by atoms with van der Waals surface area (Å²) in [6.45, 7) is 1.91. The van der Waals surface area contributed by atoms with Gasteiger partial charge in [-0.1, -0.05) is 30.7 Å². The van der Waals surface area contributed by atoms with Crippen molar-refractivity contribution in [3.05, 3.63) is 71.3 Å². The van der Waals surface area contributed by atoms with Gasteiger partial charge in [-0.3, -0.25) is 9.59 Å². The number of amides is 2. The highest BCUT2D eigenvalue weighted by molar-refractivity contribution is 5.89. The second-order valence-corrected chi connectivity index (χ2v) is 7.92. The summed E-state index contributed by atoms with van der Waals surface area (Å²) in [6, 6.07) is 12.3. The van der Waals surface area contributed by atoms with Crippen molar-refractivity contribution in [2.45, 2.75) is 31.1 Å². The summed E-state index contributed by atoms with van der Waals surface area (Å²) >= 11 is 0. The Labute approximate surface area is 169 Å². The minimum atomic E-state index is -0.623. The van der Waals surface area contributed by atoms with Gasteiger partial charge in [0.25, 0.3) is 0 Å². The van der Waals surface area contributed by atoms with E-state index in [9.17, 15) is 18.4 Å². The standard InChI is InChI=1S/C23H24F2N2O2/c24-19-7-5-17(6-8-19)15-21(28)26-11-13-27(14-12-26)22(29)23(9-2-10-23)18-3-1-4-20(25)16-18/h1,3-8,16H,2,9-15H2. The third kappa shape index (κ3) is 3.88. The van der Waals surface area contributed by atoms with Crippen LogP contribution >= 0.6 is 0 Å². The summed E-state index contributed by atoms with van der Waals surface area (Å²) in [5.41, 5.74) is 0.903. The van der Waals surface area contributed by atoms with Crippen molar-refractivity contribution in [1.29, 1.82) is 0 Å². The van der Waals surface area contributed by atoms with Crippen LogP contribution in [0.4, 0.5) is 8.78 Å². The molecule has 0 radical (unpaired) electrons. The van der Waals surface area contributed by atoms with Crippen molar-refractivity contribution in [2.24, 2.45) is 0 Å². The Morgan fingerprint density at radius 1 is 0.862 bits per heavy atom. The van der Waals surface area contributed by atoms with Crippen LogP contribution in [0.25, 0.3) is 0 Å². The molecule has 0 N–H and O–H groups in total. The number of carbonyl (C=O) groups is 2. The van der Waals surface area contributed by atoms with Crippen LogP contribution in [0.3, 0.4) is 0 Å². The van der Waals surface area contributed by atoms with E-state index in [1.165, 1.54) is 24.3 Å². The molecule has 2 aliphatic rings. The first kappa shape index (κ1) is 19.6. The van der Waals surface area contributed by atoms with Crippen molar-refractivity contribution in [1.82, 2.24) is 9.80 Å². The third-order valence-electron chi connectivity index (χ3n) is 6.18. The Morgan fingerprint density at radius 3 is 2.10 bits per heavy atom. The summed E-state index contributed by atoms with van der Waals surface area (Å²) in [5.74, 6) is -0.624. The minimum Gasteiger partial charge on any atom is -0.339 e. The van der Waals surface area contributed by atoms with Gasteiger partial charge in [-0.15, -0.1) is 0 Å². The quantitative estimate of drug-likeness (QED) is 0.793. The second-order valence-electron chi connectivity index (χ2n) is 7.92. The molecule has 1 aliphatic heterocycles. The number of rotatable bonds is 4. The van der Waals surface area contributed by atoms with Crippen molar-refractivity contribution >= 4 is 11.8 Å². The predicted octanol–water partition coefficient (Wildman–Crippen LogP) is 3.30. The van der Waals surface area contributed by atoms with Crippen LogP contribution in [0.2, 0.25) is 0 Å². The lowest BCUT2D eigenvalue weighted by atomic mass is 9.63. The van der Waals surface area contributed by atoms with Crippen molar-refractivity contribution < 1.29 is 18.4 Å². The minimum absolute atomic E-state index is 0.0211. The van der Waals surface area contributed by atoms with E-state index in [0.29, 0.717) is 26.2 Å². The topological polar surface area (TPSA) is 40.6 Å². The summed E-state index contributed by atoms with van der Waals surface area (Å²) in [4.78, 5) is 29.4. The molecule has 0 unspecified atom stereocenters. The van der Waals surface area contributed by atoms with Gasteiger partial charge in [-0.2, -0.15) is 0 Å². The smallest absolute Gasteiger partial charge is 0.233 e. The molecule has 4 nitrogen and oxygen atoms in total. The van der Waals surface area contributed by atoms with Gasteiger partial charge in [0.05, 0.1) is 11.8 Å². The maximum Gasteiger partial charge on any atom is 0.233 e. The van der Waals surface area contributed by atoms with Gasteiger partial charge in [0.2, 0.25) is 11.8 Å². The highest BCUT2D eigenvalue weighted by atomic mass is 19.1. The molecule has 1 aliphatic carbocycles. The number of piperazine rings is 1. The van der Waals surface area contributed by atoms with Crippen LogP contribution < -0.4 is 0 Å². The zero-order chi connectivity index (χ0) is 20.4. The van der Waals surface area contributed by atoms with E-state index in [1.807, 2.05) is 11.0 Å². The molecule has 0 spiro atoms. The number of nitrogens with zero attached hydrogens (tertiary/aromatic N) is 2. The zero-order valence-corrected chi connectivity index (χ0v) is 16.2. The number of hydrogen-bond acceptors (Lipinski definition) is 2. The van der Waals surface area contributed by atoms with E-state index < -0.39 is 5.41 Å². The first-order valence-corrected chi connectivity index (χ1v) is 10.1. The fraction of sp³-hybridized carbons (Fsp3) is 0.391. The molecule has 152 valence electrons. The maximum atomic E-state index is 13.7. The van der Waals surface area contributed by atoms with Crippen molar-refractivity contribution in [3.8, 4) is 0 Å². The van der Waals surface area contributed by atoms with Gasteiger partial charge in [-0.25, -0.2) is 8.78 Å². The average molecular weight is 398 g/mol. The largest absolute Gasteiger partial charge is 0.339 e. The molecule has 2 aromatic carbocycles. The molecular weight excluding hydrogens is 374 g/mol. The van der Waals surface area contributed by atoms with Gasteiger partial charge < -0.3 is 9.80 Å². The van der Waals surface area contributed by atoms with Crippen LogP contribution in [0.15, 0.2) is 48.5 Å². The molecule has 6 heteroatoms. The normalized spacial score (nSPS) is 18.3. The van der Waals surface area contributed by atoms with E-state index >= 15 is 0 Å². The van der Waals surface area contributed by atoms with Crippen LogP contribution in [-0.4, -0.2) is 47.8 Å². The van der Waals surface area contributed by atoms with E-state index in [-0.39, 0.29) is 29.9 Å². The van der Waals surface area contributed by atoms with E-state index in [1.54, 1.807) is 23.1 Å². The molecule has 1 saturated heterocycles.